The summed E-state index contributed by atoms with van der Waals surface area (Å²) in [4.78, 5) is 13.9. The number of ether oxygens (including phenoxy) is 2. The lowest BCUT2D eigenvalue weighted by Crippen LogP contribution is -2.38. The van der Waals surface area contributed by atoms with Crippen molar-refractivity contribution in [1.82, 2.24) is 4.90 Å². The number of unbranched alkanes of at least 4 members (excludes halogenated alkanes) is 1. The van der Waals surface area contributed by atoms with Gasteiger partial charge in [-0.3, -0.25) is 4.79 Å². The van der Waals surface area contributed by atoms with E-state index in [2.05, 4.69) is 53.4 Å². The molecule has 2 aromatic rings. The van der Waals surface area contributed by atoms with Crippen molar-refractivity contribution in [3.05, 3.63) is 71.8 Å². The van der Waals surface area contributed by atoms with Gasteiger partial charge in [0.1, 0.15) is 6.10 Å². The van der Waals surface area contributed by atoms with E-state index in [1.165, 1.54) is 11.1 Å². The van der Waals surface area contributed by atoms with E-state index < -0.39 is 0 Å². The van der Waals surface area contributed by atoms with Crippen molar-refractivity contribution in [2.24, 2.45) is 0 Å². The van der Waals surface area contributed by atoms with Gasteiger partial charge in [0.15, 0.2) is 0 Å². The molecule has 0 unspecified atom stereocenters. The average molecular weight is 396 g/mol. The molecule has 0 radical (unpaired) electrons. The molecule has 0 aromatic heterocycles. The molecule has 0 spiro atoms. The van der Waals surface area contributed by atoms with Gasteiger partial charge in [-0.15, -0.1) is 0 Å². The van der Waals surface area contributed by atoms with E-state index in [0.717, 1.165) is 45.3 Å². The Bertz CT molecular complexity index is 672. The number of rotatable bonds is 10. The number of nitrogens with zero attached hydrogens (tertiary/aromatic N) is 1. The van der Waals surface area contributed by atoms with Gasteiger partial charge in [0, 0.05) is 19.5 Å². The molecule has 1 fully saturated rings. The minimum absolute atomic E-state index is 0.0153. The van der Waals surface area contributed by atoms with Crippen LogP contribution in [0.1, 0.15) is 56.3 Å². The minimum atomic E-state index is -0.0764. The maximum Gasteiger partial charge on any atom is 0.305 e. The van der Waals surface area contributed by atoms with Crippen LogP contribution in [-0.4, -0.2) is 43.2 Å². The largest absolute Gasteiger partial charge is 0.466 e. The highest BCUT2D eigenvalue weighted by Gasteiger charge is 2.24. The zero-order valence-corrected chi connectivity index (χ0v) is 17.5. The van der Waals surface area contributed by atoms with Crippen LogP contribution >= 0.6 is 0 Å². The topological polar surface area (TPSA) is 38.8 Å². The van der Waals surface area contributed by atoms with Gasteiger partial charge >= 0.3 is 5.97 Å². The number of piperidine rings is 1. The Morgan fingerprint density at radius 3 is 2.10 bits per heavy atom. The molecule has 0 bridgehead atoms. The van der Waals surface area contributed by atoms with Crippen molar-refractivity contribution in [3.63, 3.8) is 0 Å². The van der Waals surface area contributed by atoms with Crippen LogP contribution in [-0.2, 0) is 14.3 Å². The van der Waals surface area contributed by atoms with Gasteiger partial charge in [0.05, 0.1) is 12.7 Å². The van der Waals surface area contributed by atoms with Crippen molar-refractivity contribution < 1.29 is 14.3 Å². The van der Waals surface area contributed by atoms with Crippen LogP contribution in [0.5, 0.6) is 0 Å². The van der Waals surface area contributed by atoms with Gasteiger partial charge in [-0.1, -0.05) is 60.7 Å². The fourth-order valence-electron chi connectivity index (χ4n) is 3.90. The average Bonchev–Trinajstić information content (AvgIpc) is 2.77. The van der Waals surface area contributed by atoms with Crippen molar-refractivity contribution in [2.75, 3.05) is 26.2 Å². The summed E-state index contributed by atoms with van der Waals surface area (Å²) in [5.41, 5.74) is 2.42. The van der Waals surface area contributed by atoms with Crippen LogP contribution in [0, 0.1) is 0 Å². The van der Waals surface area contributed by atoms with Crippen LogP contribution in [0.4, 0.5) is 0 Å². The van der Waals surface area contributed by atoms with Crippen molar-refractivity contribution in [1.29, 1.82) is 0 Å². The first kappa shape index (κ1) is 21.5. The summed E-state index contributed by atoms with van der Waals surface area (Å²) in [7, 11) is 0. The number of likely N-dealkylation sites (tertiary alicyclic amines) is 1. The van der Waals surface area contributed by atoms with E-state index in [4.69, 9.17) is 9.47 Å². The highest BCUT2D eigenvalue weighted by molar-refractivity contribution is 5.69. The van der Waals surface area contributed by atoms with E-state index in [1.807, 2.05) is 19.1 Å². The summed E-state index contributed by atoms with van der Waals surface area (Å²) in [5.74, 6) is -0.0764. The maximum atomic E-state index is 11.4. The molecular formula is C25H33NO3. The van der Waals surface area contributed by atoms with Crippen LogP contribution < -0.4 is 0 Å². The highest BCUT2D eigenvalue weighted by atomic mass is 16.5. The first-order chi connectivity index (χ1) is 14.3. The summed E-state index contributed by atoms with van der Waals surface area (Å²) < 4.78 is 11.6. The zero-order chi connectivity index (χ0) is 20.3. The van der Waals surface area contributed by atoms with E-state index in [9.17, 15) is 4.79 Å². The van der Waals surface area contributed by atoms with Crippen molar-refractivity contribution in [2.45, 2.75) is 51.2 Å². The van der Waals surface area contributed by atoms with Gasteiger partial charge in [-0.2, -0.15) is 0 Å². The third-order valence-corrected chi connectivity index (χ3v) is 5.48. The number of carbonyl (C=O) groups excluding carboxylic acids is 1. The molecule has 2 aromatic carbocycles. The summed E-state index contributed by atoms with van der Waals surface area (Å²) >= 11 is 0. The Labute approximate surface area is 174 Å². The van der Waals surface area contributed by atoms with Crippen LogP contribution in [0.15, 0.2) is 60.7 Å². The summed E-state index contributed by atoms with van der Waals surface area (Å²) in [6.45, 7) is 5.48. The molecule has 0 N–H and O–H groups in total. The molecule has 0 saturated carbocycles. The summed E-state index contributed by atoms with van der Waals surface area (Å²) in [6, 6.07) is 21.0. The standard InChI is InChI=1S/C25H33NO3/c1-2-28-24(27)15-9-10-18-26-19-16-23(17-20-26)29-25(21-11-5-3-6-12-21)22-13-7-4-8-14-22/h3-8,11-14,23,25H,2,9-10,15-20H2,1H3. The molecule has 1 heterocycles. The van der Waals surface area contributed by atoms with Gasteiger partial charge < -0.3 is 14.4 Å². The van der Waals surface area contributed by atoms with E-state index in [0.29, 0.717) is 13.0 Å². The third-order valence-electron chi connectivity index (χ3n) is 5.48. The number of hydrogen-bond acceptors (Lipinski definition) is 4. The molecular weight excluding hydrogens is 362 g/mol. The lowest BCUT2D eigenvalue weighted by atomic mass is 10.00. The number of benzene rings is 2. The maximum absolute atomic E-state index is 11.4. The fourth-order valence-corrected chi connectivity index (χ4v) is 3.90. The van der Waals surface area contributed by atoms with E-state index in [-0.39, 0.29) is 18.2 Å². The zero-order valence-electron chi connectivity index (χ0n) is 17.5. The molecule has 1 saturated heterocycles. The predicted octanol–water partition coefficient (Wildman–Crippen LogP) is 4.99. The quantitative estimate of drug-likeness (QED) is 0.420. The second-order valence-electron chi connectivity index (χ2n) is 7.64. The summed E-state index contributed by atoms with van der Waals surface area (Å²) in [6.07, 6.45) is 4.83. The van der Waals surface area contributed by atoms with Crippen molar-refractivity contribution in [3.8, 4) is 0 Å². The first-order valence-electron chi connectivity index (χ1n) is 10.9. The molecule has 0 amide bonds. The van der Waals surface area contributed by atoms with Crippen molar-refractivity contribution >= 4 is 5.97 Å². The lowest BCUT2D eigenvalue weighted by Gasteiger charge is -2.34. The lowest BCUT2D eigenvalue weighted by molar-refractivity contribution is -0.143. The Kier molecular flexibility index (Phi) is 8.72. The highest BCUT2D eigenvalue weighted by Crippen LogP contribution is 2.30. The number of carbonyl (C=O) groups is 1. The second-order valence-corrected chi connectivity index (χ2v) is 7.64. The Morgan fingerprint density at radius 2 is 1.55 bits per heavy atom. The van der Waals surface area contributed by atoms with Gasteiger partial charge in [-0.25, -0.2) is 0 Å². The fraction of sp³-hybridized carbons (Fsp3) is 0.480. The Balaban J connectivity index is 1.46. The minimum Gasteiger partial charge on any atom is -0.466 e. The molecule has 29 heavy (non-hydrogen) atoms. The molecule has 156 valence electrons. The SMILES string of the molecule is CCOC(=O)CCCCN1CCC(OC(c2ccccc2)c2ccccc2)CC1. The molecule has 1 aliphatic heterocycles. The second kappa shape index (κ2) is 11.7. The molecule has 1 aliphatic rings. The monoisotopic (exact) mass is 395 g/mol. The van der Waals surface area contributed by atoms with Gasteiger partial charge in [0.25, 0.3) is 0 Å². The van der Waals surface area contributed by atoms with Gasteiger partial charge in [-0.05, 0) is 50.3 Å². The van der Waals surface area contributed by atoms with Crippen LogP contribution in [0.3, 0.4) is 0 Å². The smallest absolute Gasteiger partial charge is 0.305 e. The van der Waals surface area contributed by atoms with Gasteiger partial charge in [0.2, 0.25) is 0 Å². The van der Waals surface area contributed by atoms with Crippen LogP contribution in [0.2, 0.25) is 0 Å². The molecule has 0 atom stereocenters. The van der Waals surface area contributed by atoms with Crippen LogP contribution in [0.25, 0.3) is 0 Å². The summed E-state index contributed by atoms with van der Waals surface area (Å²) in [5, 5.41) is 0. The van der Waals surface area contributed by atoms with E-state index >= 15 is 0 Å². The number of hydrogen-bond donors (Lipinski definition) is 0. The molecule has 4 nitrogen and oxygen atoms in total. The Hall–Kier alpha value is -2.17. The third kappa shape index (κ3) is 6.98. The molecule has 4 heteroatoms. The normalized spacial score (nSPS) is 15.5. The first-order valence-corrected chi connectivity index (χ1v) is 10.9. The molecule has 3 rings (SSSR count). The molecule has 0 aliphatic carbocycles. The Morgan fingerprint density at radius 1 is 0.966 bits per heavy atom. The number of esters is 1. The predicted molar refractivity (Wildman–Crippen MR) is 116 cm³/mol. The van der Waals surface area contributed by atoms with E-state index in [1.54, 1.807) is 0 Å².